The summed E-state index contributed by atoms with van der Waals surface area (Å²) in [4.78, 5) is 3.26. The van der Waals surface area contributed by atoms with E-state index in [2.05, 4.69) is 20.3 Å². The van der Waals surface area contributed by atoms with Crippen molar-refractivity contribution < 1.29 is 18.5 Å². The van der Waals surface area contributed by atoms with Gasteiger partial charge < -0.3 is 4.74 Å². The summed E-state index contributed by atoms with van der Waals surface area (Å²) in [6, 6.07) is 6.56. The van der Waals surface area contributed by atoms with Gasteiger partial charge in [-0.1, -0.05) is 17.2 Å². The number of nitrogens with zero attached hydrogens (tertiary/aromatic N) is 1. The Bertz CT molecular complexity index is 489. The molecule has 0 fully saturated rings. The van der Waals surface area contributed by atoms with E-state index in [1.54, 1.807) is 18.2 Å². The second-order valence-corrected chi connectivity index (χ2v) is 4.50. The van der Waals surface area contributed by atoms with E-state index >= 15 is 0 Å². The molecule has 0 unspecified atom stereocenters. The molecule has 0 radical (unpaired) electrons. The van der Waals surface area contributed by atoms with Crippen LogP contribution in [0.2, 0.25) is 0 Å². The number of hydrogen-bond acceptors (Lipinski definition) is 3. The van der Waals surface area contributed by atoms with Gasteiger partial charge in [-0.25, -0.2) is 0 Å². The molecule has 0 saturated heterocycles. The molecule has 0 amide bonds. The molecule has 2 rings (SSSR count). The van der Waals surface area contributed by atoms with E-state index in [9.17, 15) is 8.78 Å². The standard InChI is InChI=1S/C14H17F2N3O/c15-14(16)20-12-7-4-3-6-11(12)10-18-19-13-8-2-1-5-9-17-13/h3-4,6-7,10,14H,1-2,5,8-9H2,(H,17,19)/p+1/b18-10+. The van der Waals surface area contributed by atoms with Crippen molar-refractivity contribution in [3.05, 3.63) is 29.8 Å². The molecule has 6 heteroatoms. The van der Waals surface area contributed by atoms with Crippen molar-refractivity contribution in [1.82, 2.24) is 5.43 Å². The lowest BCUT2D eigenvalue weighted by atomic mass is 10.2. The van der Waals surface area contributed by atoms with Gasteiger partial charge in [0.2, 0.25) is 0 Å². The van der Waals surface area contributed by atoms with Gasteiger partial charge in [-0.05, 0) is 31.4 Å². The SMILES string of the molecule is FC(F)Oc1ccccc1/C=N/NC1=[NH+]CCCCC1. The lowest BCUT2D eigenvalue weighted by molar-refractivity contribution is -0.459. The number of rotatable bonds is 4. The van der Waals surface area contributed by atoms with Crippen molar-refractivity contribution in [3.8, 4) is 5.75 Å². The number of halogens is 2. The molecule has 0 spiro atoms. The molecule has 0 bridgehead atoms. The molecule has 0 aliphatic carbocycles. The van der Waals surface area contributed by atoms with E-state index in [-0.39, 0.29) is 5.75 Å². The number of alkyl halides is 2. The van der Waals surface area contributed by atoms with E-state index < -0.39 is 6.61 Å². The van der Waals surface area contributed by atoms with Crippen LogP contribution in [-0.4, -0.2) is 25.2 Å². The minimum atomic E-state index is -2.84. The lowest BCUT2D eigenvalue weighted by Crippen LogP contribution is -2.75. The third-order valence-corrected chi connectivity index (χ3v) is 2.98. The molecule has 1 aromatic carbocycles. The quantitative estimate of drug-likeness (QED) is 0.645. The number of amidine groups is 1. The maximum absolute atomic E-state index is 12.3. The highest BCUT2D eigenvalue weighted by Crippen LogP contribution is 2.18. The van der Waals surface area contributed by atoms with Crippen molar-refractivity contribution in [2.45, 2.75) is 32.3 Å². The minimum absolute atomic E-state index is 0.117. The zero-order valence-electron chi connectivity index (χ0n) is 11.1. The molecule has 108 valence electrons. The molecule has 0 saturated carbocycles. The molecular formula is C14H18F2N3O+. The van der Waals surface area contributed by atoms with Crippen LogP contribution >= 0.6 is 0 Å². The molecular weight excluding hydrogens is 264 g/mol. The van der Waals surface area contributed by atoms with Crippen LogP contribution in [0.5, 0.6) is 5.75 Å². The van der Waals surface area contributed by atoms with Gasteiger partial charge in [0.1, 0.15) is 5.75 Å². The van der Waals surface area contributed by atoms with Crippen LogP contribution in [0.15, 0.2) is 29.4 Å². The first-order valence-corrected chi connectivity index (χ1v) is 6.68. The first-order valence-electron chi connectivity index (χ1n) is 6.68. The average Bonchev–Trinajstić information content (AvgIpc) is 2.69. The largest absolute Gasteiger partial charge is 0.434 e. The molecule has 1 heterocycles. The van der Waals surface area contributed by atoms with E-state index in [1.807, 2.05) is 0 Å². The van der Waals surface area contributed by atoms with Gasteiger partial charge >= 0.3 is 6.61 Å². The number of hydrazone groups is 1. The van der Waals surface area contributed by atoms with Crippen LogP contribution in [0.25, 0.3) is 0 Å². The second-order valence-electron chi connectivity index (χ2n) is 4.50. The van der Waals surface area contributed by atoms with E-state index in [4.69, 9.17) is 0 Å². The number of nitrogens with one attached hydrogen (secondary N) is 2. The van der Waals surface area contributed by atoms with Crippen molar-refractivity contribution in [2.75, 3.05) is 6.54 Å². The van der Waals surface area contributed by atoms with Crippen molar-refractivity contribution in [2.24, 2.45) is 5.10 Å². The number of benzene rings is 1. The highest BCUT2D eigenvalue weighted by Gasteiger charge is 2.10. The maximum atomic E-state index is 12.3. The average molecular weight is 282 g/mol. The summed E-state index contributed by atoms with van der Waals surface area (Å²) in [5.74, 6) is 1.08. The Labute approximate surface area is 116 Å². The van der Waals surface area contributed by atoms with Crippen LogP contribution in [0, 0.1) is 0 Å². The van der Waals surface area contributed by atoms with E-state index in [1.165, 1.54) is 18.7 Å². The Morgan fingerprint density at radius 2 is 2.10 bits per heavy atom. The zero-order valence-corrected chi connectivity index (χ0v) is 11.1. The van der Waals surface area contributed by atoms with Crippen LogP contribution in [0.1, 0.15) is 31.2 Å². The first-order chi connectivity index (χ1) is 9.75. The highest BCUT2D eigenvalue weighted by molar-refractivity contribution is 5.85. The van der Waals surface area contributed by atoms with Crippen LogP contribution in [-0.2, 0) is 0 Å². The number of hydrogen-bond donors (Lipinski definition) is 2. The first kappa shape index (κ1) is 14.4. The van der Waals surface area contributed by atoms with Gasteiger partial charge in [0.25, 0.3) is 5.84 Å². The van der Waals surface area contributed by atoms with Gasteiger partial charge in [-0.15, -0.1) is 0 Å². The second kappa shape index (κ2) is 7.57. The Hall–Kier alpha value is -1.98. The summed E-state index contributed by atoms with van der Waals surface area (Å²) >= 11 is 0. The summed E-state index contributed by atoms with van der Waals surface area (Å²) in [7, 11) is 0. The van der Waals surface area contributed by atoms with Gasteiger partial charge in [0, 0.05) is 5.56 Å². The minimum Gasteiger partial charge on any atom is -0.434 e. The van der Waals surface area contributed by atoms with Gasteiger partial charge in [-0.2, -0.15) is 14.2 Å². The number of ether oxygens (including phenoxy) is 1. The normalized spacial score (nSPS) is 16.1. The summed E-state index contributed by atoms with van der Waals surface area (Å²) in [6.45, 7) is -1.90. The third kappa shape index (κ3) is 4.60. The fourth-order valence-electron chi connectivity index (χ4n) is 2.00. The molecule has 1 aromatic rings. The summed E-state index contributed by atoms with van der Waals surface area (Å²) in [5, 5.41) is 4.08. The molecule has 2 N–H and O–H groups in total. The van der Waals surface area contributed by atoms with Crippen LogP contribution in [0.3, 0.4) is 0 Å². The Kier molecular flexibility index (Phi) is 5.46. The van der Waals surface area contributed by atoms with E-state index in [0.29, 0.717) is 5.56 Å². The van der Waals surface area contributed by atoms with Gasteiger partial charge in [0.15, 0.2) is 0 Å². The fraction of sp³-hybridized carbons (Fsp3) is 0.429. The van der Waals surface area contributed by atoms with Crippen LogP contribution in [0.4, 0.5) is 8.78 Å². The van der Waals surface area contributed by atoms with Crippen molar-refractivity contribution >= 4 is 12.1 Å². The highest BCUT2D eigenvalue weighted by atomic mass is 19.3. The molecule has 0 aromatic heterocycles. The Balaban J connectivity index is 1.98. The number of para-hydroxylation sites is 1. The van der Waals surface area contributed by atoms with Crippen LogP contribution < -0.4 is 15.2 Å². The topological polar surface area (TPSA) is 47.6 Å². The van der Waals surface area contributed by atoms with Crippen molar-refractivity contribution in [3.63, 3.8) is 0 Å². The molecule has 4 nitrogen and oxygen atoms in total. The molecule has 1 aliphatic heterocycles. The van der Waals surface area contributed by atoms with Gasteiger partial charge in [0.05, 0.1) is 19.2 Å². The summed E-state index contributed by atoms with van der Waals surface area (Å²) in [5.41, 5.74) is 3.43. The van der Waals surface area contributed by atoms with E-state index in [0.717, 1.165) is 31.6 Å². The molecule has 0 atom stereocenters. The predicted molar refractivity (Wildman–Crippen MR) is 73.1 cm³/mol. The third-order valence-electron chi connectivity index (χ3n) is 2.98. The smallest absolute Gasteiger partial charge is 0.387 e. The molecule has 1 aliphatic rings. The van der Waals surface area contributed by atoms with Gasteiger partial charge in [-0.3, -0.25) is 4.99 Å². The predicted octanol–water partition coefficient (Wildman–Crippen LogP) is 1.26. The Morgan fingerprint density at radius 3 is 2.95 bits per heavy atom. The maximum Gasteiger partial charge on any atom is 0.387 e. The van der Waals surface area contributed by atoms with Crippen molar-refractivity contribution in [1.29, 1.82) is 0 Å². The lowest BCUT2D eigenvalue weighted by Gasteiger charge is -2.06. The monoisotopic (exact) mass is 282 g/mol. The zero-order chi connectivity index (χ0) is 14.2. The Morgan fingerprint density at radius 1 is 1.25 bits per heavy atom. The summed E-state index contributed by atoms with van der Waals surface area (Å²) in [6.07, 6.45) is 5.88. The fourth-order valence-corrected chi connectivity index (χ4v) is 2.00. The summed E-state index contributed by atoms with van der Waals surface area (Å²) < 4.78 is 29.0. The molecule has 20 heavy (non-hydrogen) atoms.